The summed E-state index contributed by atoms with van der Waals surface area (Å²) >= 11 is 0. The second kappa shape index (κ2) is 3.63. The molecule has 1 aliphatic rings. The number of aromatic nitrogens is 2. The van der Waals surface area contributed by atoms with Crippen molar-refractivity contribution in [2.24, 2.45) is 5.41 Å². The van der Waals surface area contributed by atoms with E-state index in [9.17, 15) is 5.11 Å². The molecule has 0 bridgehead atoms. The number of nitrogens with zero attached hydrogens (tertiary/aromatic N) is 2. The van der Waals surface area contributed by atoms with Gasteiger partial charge in [0.15, 0.2) is 0 Å². The van der Waals surface area contributed by atoms with Crippen LogP contribution in [0.5, 0.6) is 0 Å². The van der Waals surface area contributed by atoms with Gasteiger partial charge in [-0.2, -0.15) is 0 Å². The second-order valence-electron chi connectivity index (χ2n) is 5.14. The summed E-state index contributed by atoms with van der Waals surface area (Å²) in [6.45, 7) is 6.38. The molecule has 2 unspecified atom stereocenters. The number of hydrogen-bond acceptors (Lipinski definition) is 2. The van der Waals surface area contributed by atoms with Gasteiger partial charge in [0.2, 0.25) is 0 Å². The monoisotopic (exact) mass is 208 g/mol. The largest absolute Gasteiger partial charge is 0.390 e. The molecule has 0 amide bonds. The fraction of sp³-hybridized carbons (Fsp3) is 0.750. The summed E-state index contributed by atoms with van der Waals surface area (Å²) in [5.41, 5.74) is 0.0416. The summed E-state index contributed by atoms with van der Waals surface area (Å²) in [5.74, 6) is 1.08. The smallest absolute Gasteiger partial charge is 0.108 e. The highest BCUT2D eigenvalue weighted by Gasteiger charge is 2.41. The van der Waals surface area contributed by atoms with Crippen molar-refractivity contribution in [3.8, 4) is 0 Å². The van der Waals surface area contributed by atoms with Crippen molar-refractivity contribution in [3.05, 3.63) is 18.2 Å². The molecule has 2 rings (SSSR count). The highest BCUT2D eigenvalue weighted by atomic mass is 16.3. The minimum absolute atomic E-state index is 0.0416. The lowest BCUT2D eigenvalue weighted by Gasteiger charge is -2.26. The second-order valence-corrected chi connectivity index (χ2v) is 5.14. The number of aryl methyl sites for hydroxylation is 1. The fourth-order valence-electron chi connectivity index (χ4n) is 2.56. The molecule has 2 atom stereocenters. The topological polar surface area (TPSA) is 38.0 Å². The van der Waals surface area contributed by atoms with Crippen LogP contribution in [0.2, 0.25) is 0 Å². The van der Waals surface area contributed by atoms with Crippen LogP contribution in [0.25, 0.3) is 0 Å². The molecule has 1 saturated carbocycles. The molecule has 1 aliphatic carbocycles. The third kappa shape index (κ3) is 1.69. The van der Waals surface area contributed by atoms with Crippen LogP contribution in [0, 0.1) is 5.41 Å². The summed E-state index contributed by atoms with van der Waals surface area (Å²) < 4.78 is 2.15. The lowest BCUT2D eigenvalue weighted by atomic mass is 9.89. The minimum Gasteiger partial charge on any atom is -0.390 e. The zero-order valence-electron chi connectivity index (χ0n) is 9.77. The summed E-state index contributed by atoms with van der Waals surface area (Å²) in [4.78, 5) is 4.31. The van der Waals surface area contributed by atoms with Crippen LogP contribution in [0.15, 0.2) is 12.4 Å². The van der Waals surface area contributed by atoms with E-state index in [0.29, 0.717) is 0 Å². The van der Waals surface area contributed by atoms with Crippen LogP contribution in [-0.2, 0) is 6.42 Å². The molecule has 0 spiro atoms. The van der Waals surface area contributed by atoms with E-state index in [1.54, 1.807) is 0 Å². The Hall–Kier alpha value is -0.830. The summed E-state index contributed by atoms with van der Waals surface area (Å²) in [6.07, 6.45) is 6.64. The Kier molecular flexibility index (Phi) is 2.59. The first kappa shape index (κ1) is 10.7. The predicted octanol–water partition coefficient (Wildman–Crippen LogP) is 2.17. The maximum atomic E-state index is 10.3. The minimum atomic E-state index is -0.253. The van der Waals surface area contributed by atoms with Gasteiger partial charge in [0.25, 0.3) is 0 Å². The van der Waals surface area contributed by atoms with E-state index < -0.39 is 0 Å². The molecule has 1 aromatic heterocycles. The fourth-order valence-corrected chi connectivity index (χ4v) is 2.56. The van der Waals surface area contributed by atoms with E-state index in [4.69, 9.17) is 0 Å². The molecule has 84 valence electrons. The zero-order valence-corrected chi connectivity index (χ0v) is 9.77. The molecule has 1 heterocycles. The summed E-state index contributed by atoms with van der Waals surface area (Å²) in [6, 6.07) is 0.220. The zero-order chi connectivity index (χ0) is 11.1. The Morgan fingerprint density at radius 3 is 2.87 bits per heavy atom. The lowest BCUT2D eigenvalue weighted by Crippen LogP contribution is -2.30. The molecule has 1 fully saturated rings. The molecular weight excluding hydrogens is 188 g/mol. The van der Waals surface area contributed by atoms with Gasteiger partial charge in [-0.3, -0.25) is 0 Å². The van der Waals surface area contributed by atoms with E-state index in [0.717, 1.165) is 25.1 Å². The Labute approximate surface area is 91.1 Å². The van der Waals surface area contributed by atoms with E-state index >= 15 is 0 Å². The number of imidazole rings is 1. The number of aliphatic hydroxyl groups excluding tert-OH is 1. The van der Waals surface area contributed by atoms with Crippen molar-refractivity contribution in [1.29, 1.82) is 0 Å². The Balaban J connectivity index is 2.26. The molecule has 1 aromatic rings. The average molecular weight is 208 g/mol. The first-order valence-corrected chi connectivity index (χ1v) is 5.76. The van der Waals surface area contributed by atoms with Crippen molar-refractivity contribution in [2.45, 2.75) is 52.2 Å². The van der Waals surface area contributed by atoms with Gasteiger partial charge in [-0.25, -0.2) is 4.98 Å². The number of hydrogen-bond donors (Lipinski definition) is 1. The quantitative estimate of drug-likeness (QED) is 0.809. The van der Waals surface area contributed by atoms with Crippen molar-refractivity contribution in [3.63, 3.8) is 0 Å². The van der Waals surface area contributed by atoms with Crippen LogP contribution in [0.3, 0.4) is 0 Å². The van der Waals surface area contributed by atoms with Crippen molar-refractivity contribution < 1.29 is 5.11 Å². The van der Waals surface area contributed by atoms with Gasteiger partial charge in [-0.15, -0.1) is 0 Å². The normalized spacial score (nSPS) is 29.6. The van der Waals surface area contributed by atoms with Gasteiger partial charge in [-0.1, -0.05) is 20.8 Å². The third-order valence-electron chi connectivity index (χ3n) is 3.67. The molecule has 0 aromatic carbocycles. The number of aliphatic hydroxyl groups is 1. The van der Waals surface area contributed by atoms with Crippen LogP contribution in [0.1, 0.15) is 45.5 Å². The average Bonchev–Trinajstić information content (AvgIpc) is 2.74. The molecule has 0 aliphatic heterocycles. The van der Waals surface area contributed by atoms with E-state index in [2.05, 4.69) is 30.3 Å². The molecule has 1 N–H and O–H groups in total. The van der Waals surface area contributed by atoms with Crippen LogP contribution >= 0.6 is 0 Å². The first-order chi connectivity index (χ1) is 7.06. The SMILES string of the molecule is CCc1nccn1C1CCC(C)(C)C1O. The molecule has 0 saturated heterocycles. The third-order valence-corrected chi connectivity index (χ3v) is 3.67. The predicted molar refractivity (Wildman–Crippen MR) is 59.7 cm³/mol. The lowest BCUT2D eigenvalue weighted by molar-refractivity contribution is 0.0490. The van der Waals surface area contributed by atoms with Crippen LogP contribution < -0.4 is 0 Å². The molecule has 3 heteroatoms. The Morgan fingerprint density at radius 1 is 1.60 bits per heavy atom. The van der Waals surface area contributed by atoms with E-state index in [-0.39, 0.29) is 17.6 Å². The van der Waals surface area contributed by atoms with Gasteiger partial charge in [0, 0.05) is 18.8 Å². The van der Waals surface area contributed by atoms with Gasteiger partial charge in [0.1, 0.15) is 5.82 Å². The van der Waals surface area contributed by atoms with Gasteiger partial charge in [0.05, 0.1) is 12.1 Å². The summed E-state index contributed by atoms with van der Waals surface area (Å²) in [7, 11) is 0. The molecule has 0 radical (unpaired) electrons. The van der Waals surface area contributed by atoms with Crippen LogP contribution in [-0.4, -0.2) is 20.8 Å². The molecule has 3 nitrogen and oxygen atoms in total. The highest BCUT2D eigenvalue weighted by molar-refractivity contribution is 5.02. The standard InChI is InChI=1S/C12H20N2O/c1-4-10-13-7-8-14(10)9-5-6-12(2,3)11(9)15/h7-9,11,15H,4-6H2,1-3H3. The van der Waals surface area contributed by atoms with Gasteiger partial charge in [-0.05, 0) is 18.3 Å². The van der Waals surface area contributed by atoms with Crippen molar-refractivity contribution in [1.82, 2.24) is 9.55 Å². The number of rotatable bonds is 2. The maximum absolute atomic E-state index is 10.3. The Bertz CT molecular complexity index is 343. The van der Waals surface area contributed by atoms with Crippen molar-refractivity contribution in [2.75, 3.05) is 0 Å². The van der Waals surface area contributed by atoms with Crippen molar-refractivity contribution >= 4 is 0 Å². The maximum Gasteiger partial charge on any atom is 0.108 e. The molecule has 15 heavy (non-hydrogen) atoms. The van der Waals surface area contributed by atoms with Crippen LogP contribution in [0.4, 0.5) is 0 Å². The van der Waals surface area contributed by atoms with Gasteiger partial charge >= 0.3 is 0 Å². The van der Waals surface area contributed by atoms with E-state index in [1.165, 1.54) is 0 Å². The summed E-state index contributed by atoms with van der Waals surface area (Å²) in [5, 5.41) is 10.3. The van der Waals surface area contributed by atoms with E-state index in [1.807, 2.05) is 12.4 Å². The Morgan fingerprint density at radius 2 is 2.33 bits per heavy atom. The molecular formula is C12H20N2O. The first-order valence-electron chi connectivity index (χ1n) is 5.76. The highest BCUT2D eigenvalue weighted by Crippen LogP contribution is 2.44. The van der Waals surface area contributed by atoms with Gasteiger partial charge < -0.3 is 9.67 Å².